The normalized spacial score (nSPS) is 28.8. The lowest BCUT2D eigenvalue weighted by Gasteiger charge is -2.48. The second-order valence-electron chi connectivity index (χ2n) is 11.3. The summed E-state index contributed by atoms with van der Waals surface area (Å²) in [7, 11) is 1.11. The monoisotopic (exact) mass is 797 g/mol. The zero-order chi connectivity index (χ0) is 36.9. The number of hydrogen-bond acceptors (Lipinski definition) is 14. The number of hydrogen-bond donors (Lipinski definition) is 0. The second-order valence-corrected chi connectivity index (χ2v) is 12.4. The molecule has 0 aliphatic carbocycles. The summed E-state index contributed by atoms with van der Waals surface area (Å²) in [5, 5.41) is 2.74. The molecule has 276 valence electrons. The highest BCUT2D eigenvalue weighted by Crippen LogP contribution is 2.37. The molecule has 0 bridgehead atoms. The molecule has 2 aliphatic heterocycles. The van der Waals surface area contributed by atoms with Gasteiger partial charge in [-0.3, -0.25) is 14.4 Å². The SMILES string of the molecule is COC(=O)[C@H]1O[C@@H](O[C@@H]2[C@@H](OC(C)=O)[C@H](N=[N+]=[N-])[C@H](Br)O[C@H]2COC(C)=O)[C@H](OCc2ccccc2)[C@@H](OCc2ccccc2)[C@@H]1OC(=O)CCl. The van der Waals surface area contributed by atoms with Crippen LogP contribution < -0.4 is 0 Å². The molecule has 0 unspecified atom stereocenters. The molecular weight excluding hydrogens is 762 g/mol. The summed E-state index contributed by atoms with van der Waals surface area (Å²) in [5.74, 6) is -3.80. The number of methoxy groups -OCH3 is 1. The first kappa shape index (κ1) is 40.0. The first-order chi connectivity index (χ1) is 24.6. The number of halogens is 2. The molecule has 2 fully saturated rings. The van der Waals surface area contributed by atoms with Crippen molar-refractivity contribution in [3.05, 3.63) is 82.2 Å². The van der Waals surface area contributed by atoms with E-state index >= 15 is 0 Å². The average molecular weight is 799 g/mol. The fraction of sp³-hybridized carbons (Fsp3) is 0.515. The molecule has 2 aliphatic rings. The van der Waals surface area contributed by atoms with E-state index in [4.69, 9.17) is 54.2 Å². The van der Waals surface area contributed by atoms with Crippen molar-refractivity contribution in [2.45, 2.75) is 87.1 Å². The Morgan fingerprint density at radius 3 is 1.98 bits per heavy atom. The Morgan fingerprint density at radius 2 is 1.45 bits per heavy atom. The van der Waals surface area contributed by atoms with E-state index in [0.717, 1.165) is 25.2 Å². The van der Waals surface area contributed by atoms with E-state index in [1.54, 1.807) is 36.4 Å². The number of azide groups is 1. The highest BCUT2D eigenvalue weighted by atomic mass is 79.9. The number of nitrogens with zero attached hydrogens (tertiary/aromatic N) is 3. The van der Waals surface area contributed by atoms with Gasteiger partial charge >= 0.3 is 23.9 Å². The van der Waals surface area contributed by atoms with Gasteiger partial charge in [0.25, 0.3) is 0 Å². The van der Waals surface area contributed by atoms with Gasteiger partial charge in [0, 0.05) is 18.8 Å². The van der Waals surface area contributed by atoms with Crippen LogP contribution >= 0.6 is 27.5 Å². The van der Waals surface area contributed by atoms with Crippen LogP contribution in [0.15, 0.2) is 65.8 Å². The Kier molecular flexibility index (Phi) is 15.5. The zero-order valence-electron chi connectivity index (χ0n) is 27.8. The Bertz CT molecular complexity index is 1520. The lowest BCUT2D eigenvalue weighted by atomic mass is 9.95. The maximum Gasteiger partial charge on any atom is 0.339 e. The van der Waals surface area contributed by atoms with Crippen LogP contribution in [0.5, 0.6) is 0 Å². The predicted molar refractivity (Wildman–Crippen MR) is 179 cm³/mol. The van der Waals surface area contributed by atoms with Crippen LogP contribution in [0.2, 0.25) is 0 Å². The first-order valence-electron chi connectivity index (χ1n) is 15.7. The summed E-state index contributed by atoms with van der Waals surface area (Å²) < 4.78 is 53.0. The van der Waals surface area contributed by atoms with Crippen molar-refractivity contribution in [3.8, 4) is 0 Å². The van der Waals surface area contributed by atoms with Gasteiger partial charge in [0.15, 0.2) is 18.5 Å². The van der Waals surface area contributed by atoms with E-state index in [9.17, 15) is 24.7 Å². The molecule has 2 aromatic rings. The van der Waals surface area contributed by atoms with Crippen LogP contribution in [0, 0.1) is 0 Å². The molecule has 2 aromatic carbocycles. The fourth-order valence-electron chi connectivity index (χ4n) is 5.48. The fourth-order valence-corrected chi connectivity index (χ4v) is 6.22. The predicted octanol–water partition coefficient (Wildman–Crippen LogP) is 3.88. The van der Waals surface area contributed by atoms with Gasteiger partial charge in [-0.15, -0.1) is 11.6 Å². The zero-order valence-corrected chi connectivity index (χ0v) is 30.1. The summed E-state index contributed by atoms with van der Waals surface area (Å²) in [4.78, 5) is 53.0. The van der Waals surface area contributed by atoms with Crippen molar-refractivity contribution in [1.82, 2.24) is 0 Å². The van der Waals surface area contributed by atoms with Crippen LogP contribution in [0.25, 0.3) is 10.4 Å². The van der Waals surface area contributed by atoms with Crippen molar-refractivity contribution >= 4 is 51.4 Å². The third-order valence-corrected chi connectivity index (χ3v) is 8.68. The number of esters is 4. The maximum atomic E-state index is 13.3. The van der Waals surface area contributed by atoms with Crippen LogP contribution in [-0.2, 0) is 75.0 Å². The molecule has 0 N–H and O–H groups in total. The lowest BCUT2D eigenvalue weighted by Crippen LogP contribution is -2.66. The third-order valence-electron chi connectivity index (χ3n) is 7.70. The van der Waals surface area contributed by atoms with Crippen LogP contribution in [0.1, 0.15) is 25.0 Å². The van der Waals surface area contributed by atoms with Crippen molar-refractivity contribution in [2.75, 3.05) is 19.6 Å². The molecular formula is C33H37BrClN3O13. The van der Waals surface area contributed by atoms with Crippen molar-refractivity contribution in [2.24, 2.45) is 5.11 Å². The van der Waals surface area contributed by atoms with E-state index < -0.39 is 96.4 Å². The van der Waals surface area contributed by atoms with E-state index in [1.165, 1.54) is 6.92 Å². The molecule has 0 saturated carbocycles. The van der Waals surface area contributed by atoms with Gasteiger partial charge in [0.2, 0.25) is 0 Å². The molecule has 4 rings (SSSR count). The molecule has 18 heteroatoms. The summed E-state index contributed by atoms with van der Waals surface area (Å²) in [6.07, 6.45) is -11.1. The van der Waals surface area contributed by atoms with E-state index in [-0.39, 0.29) is 13.2 Å². The Morgan fingerprint density at radius 1 is 0.843 bits per heavy atom. The Hall–Kier alpha value is -3.80. The minimum atomic E-state index is -1.65. The summed E-state index contributed by atoms with van der Waals surface area (Å²) in [5.41, 5.74) is 10.8. The minimum Gasteiger partial charge on any atom is -0.467 e. The van der Waals surface area contributed by atoms with E-state index in [0.29, 0.717) is 0 Å². The molecule has 10 atom stereocenters. The second kappa shape index (κ2) is 19.7. The summed E-state index contributed by atoms with van der Waals surface area (Å²) in [6.45, 7) is 1.87. The summed E-state index contributed by atoms with van der Waals surface area (Å²) in [6, 6.07) is 16.9. The van der Waals surface area contributed by atoms with E-state index in [2.05, 4.69) is 26.0 Å². The minimum absolute atomic E-state index is 0.0325. The quantitative estimate of drug-likeness (QED) is 0.0629. The molecule has 51 heavy (non-hydrogen) atoms. The largest absolute Gasteiger partial charge is 0.467 e. The van der Waals surface area contributed by atoms with Gasteiger partial charge in [-0.1, -0.05) is 81.7 Å². The standard InChI is InChI=1S/C33H37BrClN3O13/c1-18(39)44-17-22-25(26(47-19(2)40)24(37-38-36)31(34)48-22)50-33-30(46-16-21-12-8-5-9-13-21)27(45-15-20-10-6-4-7-11-20)28(49-23(41)14-35)29(51-33)32(42)43-3/h4-13,22,24-31,33H,14-17H2,1-3H3/t22-,24-,25-,26-,27-,28-,29-,30+,31+,33+/m0/s1. The first-order valence-corrected chi connectivity index (χ1v) is 17.1. The van der Waals surface area contributed by atoms with Gasteiger partial charge in [0.1, 0.15) is 54.1 Å². The molecule has 0 radical (unpaired) electrons. The van der Waals surface area contributed by atoms with Crippen molar-refractivity contribution in [1.29, 1.82) is 0 Å². The van der Waals surface area contributed by atoms with Gasteiger partial charge in [-0.2, -0.15) is 0 Å². The van der Waals surface area contributed by atoms with Gasteiger partial charge in [0.05, 0.1) is 20.3 Å². The number of benzene rings is 2. The molecule has 0 amide bonds. The van der Waals surface area contributed by atoms with Crippen molar-refractivity contribution in [3.63, 3.8) is 0 Å². The average Bonchev–Trinajstić information content (AvgIpc) is 3.12. The highest BCUT2D eigenvalue weighted by Gasteiger charge is 2.56. The van der Waals surface area contributed by atoms with Crippen LogP contribution in [0.3, 0.4) is 0 Å². The number of alkyl halides is 2. The summed E-state index contributed by atoms with van der Waals surface area (Å²) >= 11 is 9.11. The smallest absolute Gasteiger partial charge is 0.339 e. The molecule has 0 spiro atoms. The topological polar surface area (TPSA) is 200 Å². The number of rotatable bonds is 15. The van der Waals surface area contributed by atoms with E-state index in [1.807, 2.05) is 24.3 Å². The van der Waals surface area contributed by atoms with Crippen LogP contribution in [-0.4, -0.2) is 104 Å². The number of ether oxygens (including phenoxy) is 9. The van der Waals surface area contributed by atoms with Crippen molar-refractivity contribution < 1.29 is 61.8 Å². The lowest BCUT2D eigenvalue weighted by molar-refractivity contribution is -0.341. The van der Waals surface area contributed by atoms with Gasteiger partial charge in [-0.05, 0) is 16.7 Å². The maximum absolute atomic E-state index is 13.3. The van der Waals surface area contributed by atoms with Crippen LogP contribution in [0.4, 0.5) is 0 Å². The third kappa shape index (κ3) is 11.1. The molecule has 0 aromatic heterocycles. The number of carbonyl (C=O) groups excluding carboxylic acids is 4. The van der Waals surface area contributed by atoms with Gasteiger partial charge in [-0.25, -0.2) is 4.79 Å². The number of carbonyl (C=O) groups is 4. The molecule has 2 saturated heterocycles. The Balaban J connectivity index is 1.82. The Labute approximate surface area is 306 Å². The molecule has 2 heterocycles. The molecule has 16 nitrogen and oxygen atoms in total. The van der Waals surface area contributed by atoms with Gasteiger partial charge < -0.3 is 42.6 Å². The highest BCUT2D eigenvalue weighted by molar-refractivity contribution is 9.09.